The average Bonchev–Trinajstić information content (AvgIpc) is 2.80. The maximum Gasteiger partial charge on any atom is 0.315 e. The summed E-state index contributed by atoms with van der Waals surface area (Å²) in [7, 11) is 0. The Kier molecular flexibility index (Phi) is 5.22. The Morgan fingerprint density at radius 1 is 1.33 bits per heavy atom. The van der Waals surface area contributed by atoms with E-state index in [1.165, 1.54) is 0 Å². The Morgan fingerprint density at radius 3 is 2.81 bits per heavy atom. The summed E-state index contributed by atoms with van der Waals surface area (Å²) in [5.41, 5.74) is 1.86. The molecule has 0 bridgehead atoms. The lowest BCUT2D eigenvalue weighted by Gasteiger charge is -2.11. The lowest BCUT2D eigenvalue weighted by Crippen LogP contribution is -2.39. The predicted octanol–water partition coefficient (Wildman–Crippen LogP) is 2.70. The fourth-order valence-electron chi connectivity index (χ4n) is 2.26. The molecule has 0 fully saturated rings. The Balaban J connectivity index is 1.87. The summed E-state index contributed by atoms with van der Waals surface area (Å²) in [6.07, 6.45) is 1.08. The molecule has 2 aromatic rings. The van der Waals surface area contributed by atoms with E-state index in [2.05, 4.69) is 10.6 Å². The van der Waals surface area contributed by atoms with E-state index in [0.717, 1.165) is 28.7 Å². The summed E-state index contributed by atoms with van der Waals surface area (Å²) >= 11 is 0. The second-order valence-electron chi connectivity index (χ2n) is 5.15. The molecular formula is C16H22N2O3. The number of hydrogen-bond acceptors (Lipinski definition) is 3. The van der Waals surface area contributed by atoms with Gasteiger partial charge in [0.05, 0.1) is 12.6 Å². The van der Waals surface area contributed by atoms with Gasteiger partial charge < -0.3 is 20.2 Å². The highest BCUT2D eigenvalue weighted by Gasteiger charge is 2.11. The number of fused-ring (bicyclic) bond motifs is 1. The van der Waals surface area contributed by atoms with Crippen LogP contribution in [0.2, 0.25) is 0 Å². The molecule has 114 valence electrons. The molecule has 21 heavy (non-hydrogen) atoms. The van der Waals surface area contributed by atoms with Gasteiger partial charge in [-0.15, -0.1) is 0 Å². The van der Waals surface area contributed by atoms with Crippen molar-refractivity contribution in [2.75, 3.05) is 6.54 Å². The second kappa shape index (κ2) is 7.13. The fraction of sp³-hybridized carbons (Fsp3) is 0.438. The van der Waals surface area contributed by atoms with Crippen molar-refractivity contribution in [1.82, 2.24) is 10.6 Å². The molecule has 2 rings (SSSR count). The summed E-state index contributed by atoms with van der Waals surface area (Å²) in [5.74, 6) is 0.750. The van der Waals surface area contributed by atoms with E-state index in [1.54, 1.807) is 0 Å². The van der Waals surface area contributed by atoms with E-state index < -0.39 is 6.10 Å². The van der Waals surface area contributed by atoms with Crippen molar-refractivity contribution in [3.05, 3.63) is 35.6 Å². The van der Waals surface area contributed by atoms with E-state index in [1.807, 2.05) is 38.1 Å². The average molecular weight is 290 g/mol. The molecule has 0 aliphatic carbocycles. The molecule has 5 nitrogen and oxygen atoms in total. The SMILES string of the molecule is CCCC(O)CNC(=O)NCc1oc2ccccc2c1C. The molecule has 1 unspecified atom stereocenters. The van der Waals surface area contributed by atoms with Gasteiger partial charge in [0.15, 0.2) is 0 Å². The van der Waals surface area contributed by atoms with Crippen LogP contribution in [0, 0.1) is 6.92 Å². The first kappa shape index (κ1) is 15.4. The van der Waals surface area contributed by atoms with E-state index in [0.29, 0.717) is 13.0 Å². The third-order valence-electron chi connectivity index (χ3n) is 3.47. The monoisotopic (exact) mass is 290 g/mol. The van der Waals surface area contributed by atoms with Crippen LogP contribution in [0.1, 0.15) is 31.1 Å². The molecule has 0 saturated heterocycles. The molecule has 0 spiro atoms. The molecular weight excluding hydrogens is 268 g/mol. The molecule has 0 aliphatic heterocycles. The van der Waals surface area contributed by atoms with Gasteiger partial charge in [-0.05, 0) is 19.4 Å². The minimum absolute atomic E-state index is 0.263. The van der Waals surface area contributed by atoms with E-state index in [9.17, 15) is 9.90 Å². The number of rotatable bonds is 6. The third kappa shape index (κ3) is 3.98. The summed E-state index contributed by atoms with van der Waals surface area (Å²) in [4.78, 5) is 11.7. The van der Waals surface area contributed by atoms with Crippen LogP contribution in [-0.2, 0) is 6.54 Å². The summed E-state index contributed by atoms with van der Waals surface area (Å²) in [6, 6.07) is 7.49. The fourth-order valence-corrected chi connectivity index (χ4v) is 2.26. The summed E-state index contributed by atoms with van der Waals surface area (Å²) in [5, 5.41) is 16.0. The third-order valence-corrected chi connectivity index (χ3v) is 3.47. The van der Waals surface area contributed by atoms with Gasteiger partial charge in [-0.2, -0.15) is 0 Å². The Bertz CT molecular complexity index is 607. The van der Waals surface area contributed by atoms with Gasteiger partial charge in [-0.1, -0.05) is 31.5 Å². The second-order valence-corrected chi connectivity index (χ2v) is 5.15. The van der Waals surface area contributed by atoms with Gasteiger partial charge in [0.1, 0.15) is 11.3 Å². The van der Waals surface area contributed by atoms with Gasteiger partial charge in [0, 0.05) is 17.5 Å². The van der Waals surface area contributed by atoms with Gasteiger partial charge in [-0.3, -0.25) is 0 Å². The first-order valence-corrected chi connectivity index (χ1v) is 7.28. The van der Waals surface area contributed by atoms with Crippen LogP contribution in [0.25, 0.3) is 11.0 Å². The van der Waals surface area contributed by atoms with Crippen LogP contribution >= 0.6 is 0 Å². The number of para-hydroxylation sites is 1. The quantitative estimate of drug-likeness (QED) is 0.765. The van der Waals surface area contributed by atoms with E-state index in [4.69, 9.17) is 4.42 Å². The molecule has 2 amide bonds. The smallest absolute Gasteiger partial charge is 0.315 e. The number of aryl methyl sites for hydroxylation is 1. The highest BCUT2D eigenvalue weighted by Crippen LogP contribution is 2.24. The minimum Gasteiger partial charge on any atom is -0.459 e. The summed E-state index contributed by atoms with van der Waals surface area (Å²) < 4.78 is 5.72. The molecule has 3 N–H and O–H groups in total. The number of furan rings is 1. The first-order valence-electron chi connectivity index (χ1n) is 7.28. The zero-order valence-electron chi connectivity index (χ0n) is 12.5. The van der Waals surface area contributed by atoms with Gasteiger partial charge >= 0.3 is 6.03 Å². The van der Waals surface area contributed by atoms with Crippen molar-refractivity contribution in [2.24, 2.45) is 0 Å². The van der Waals surface area contributed by atoms with E-state index in [-0.39, 0.29) is 12.6 Å². The number of amides is 2. The van der Waals surface area contributed by atoms with Crippen LogP contribution in [0.3, 0.4) is 0 Å². The molecule has 1 aromatic carbocycles. The van der Waals surface area contributed by atoms with Crippen LogP contribution in [-0.4, -0.2) is 23.8 Å². The van der Waals surface area contributed by atoms with Crippen LogP contribution < -0.4 is 10.6 Å². The maximum absolute atomic E-state index is 11.7. The van der Waals surface area contributed by atoms with Gasteiger partial charge in [-0.25, -0.2) is 4.79 Å². The van der Waals surface area contributed by atoms with Crippen molar-refractivity contribution in [3.63, 3.8) is 0 Å². The Hall–Kier alpha value is -2.01. The summed E-state index contributed by atoms with van der Waals surface area (Å²) in [6.45, 7) is 4.56. The normalized spacial score (nSPS) is 12.3. The molecule has 5 heteroatoms. The zero-order valence-corrected chi connectivity index (χ0v) is 12.5. The minimum atomic E-state index is -0.492. The van der Waals surface area contributed by atoms with Crippen molar-refractivity contribution < 1.29 is 14.3 Å². The zero-order chi connectivity index (χ0) is 15.2. The number of urea groups is 1. The molecule has 1 heterocycles. The predicted molar refractivity (Wildman–Crippen MR) is 82.1 cm³/mol. The van der Waals surface area contributed by atoms with Crippen molar-refractivity contribution >= 4 is 17.0 Å². The Labute approximate surface area is 124 Å². The topological polar surface area (TPSA) is 74.5 Å². The molecule has 0 saturated carbocycles. The number of aliphatic hydroxyl groups is 1. The number of aliphatic hydroxyl groups excluding tert-OH is 1. The molecule has 0 radical (unpaired) electrons. The van der Waals surface area contributed by atoms with Crippen molar-refractivity contribution in [2.45, 2.75) is 39.3 Å². The Morgan fingerprint density at radius 2 is 2.10 bits per heavy atom. The standard InChI is InChI=1S/C16H22N2O3/c1-3-6-12(19)9-17-16(20)18-10-15-11(2)13-7-4-5-8-14(13)21-15/h4-5,7-8,12,19H,3,6,9-10H2,1-2H3,(H2,17,18,20). The molecule has 0 aliphatic rings. The van der Waals surface area contributed by atoms with Crippen molar-refractivity contribution in [3.8, 4) is 0 Å². The number of carbonyl (C=O) groups excluding carboxylic acids is 1. The highest BCUT2D eigenvalue weighted by molar-refractivity contribution is 5.82. The number of carbonyl (C=O) groups is 1. The van der Waals surface area contributed by atoms with Crippen LogP contribution in [0.5, 0.6) is 0 Å². The number of hydrogen-bond donors (Lipinski definition) is 3. The lowest BCUT2D eigenvalue weighted by atomic mass is 10.1. The van der Waals surface area contributed by atoms with Crippen molar-refractivity contribution in [1.29, 1.82) is 0 Å². The largest absolute Gasteiger partial charge is 0.459 e. The molecule has 1 aromatic heterocycles. The van der Waals surface area contributed by atoms with E-state index >= 15 is 0 Å². The van der Waals surface area contributed by atoms with Crippen LogP contribution in [0.4, 0.5) is 4.79 Å². The number of nitrogens with one attached hydrogen (secondary N) is 2. The highest BCUT2D eigenvalue weighted by atomic mass is 16.3. The van der Waals surface area contributed by atoms with Gasteiger partial charge in [0.2, 0.25) is 0 Å². The maximum atomic E-state index is 11.7. The van der Waals surface area contributed by atoms with Crippen LogP contribution in [0.15, 0.2) is 28.7 Å². The first-order chi connectivity index (χ1) is 10.1. The number of benzene rings is 1. The lowest BCUT2D eigenvalue weighted by molar-refractivity contribution is 0.160. The molecule has 1 atom stereocenters. The van der Waals surface area contributed by atoms with Gasteiger partial charge in [0.25, 0.3) is 0 Å².